The van der Waals surface area contributed by atoms with Gasteiger partial charge in [-0.1, -0.05) is 0 Å². The first-order valence-electron chi connectivity index (χ1n) is 4.75. The van der Waals surface area contributed by atoms with Crippen LogP contribution in [0.1, 0.15) is 18.5 Å². The second kappa shape index (κ2) is 5.38. The van der Waals surface area contributed by atoms with Crippen molar-refractivity contribution in [2.75, 3.05) is 7.11 Å². The van der Waals surface area contributed by atoms with Crippen molar-refractivity contribution in [3.05, 3.63) is 35.4 Å². The summed E-state index contributed by atoms with van der Waals surface area (Å²) in [5.41, 5.74) is -0.271. The average molecular weight is 243 g/mol. The van der Waals surface area contributed by atoms with Crippen molar-refractivity contribution in [1.82, 2.24) is 5.32 Å². The molecule has 0 heterocycles. The topological polar surface area (TPSA) is 55.4 Å². The van der Waals surface area contributed by atoms with Crippen molar-refractivity contribution in [3.8, 4) is 0 Å². The van der Waals surface area contributed by atoms with Crippen LogP contribution < -0.4 is 5.32 Å². The highest BCUT2D eigenvalue weighted by Crippen LogP contribution is 2.19. The number of halogens is 2. The maximum Gasteiger partial charge on any atom is 0.333 e. The molecule has 0 aliphatic rings. The Morgan fingerprint density at radius 1 is 1.35 bits per heavy atom. The summed E-state index contributed by atoms with van der Waals surface area (Å²) >= 11 is 0. The molecular formula is C11H11F2NO3. The number of amides is 1. The number of carbonyl (C=O) groups excluding carboxylic acids is 2. The number of rotatable bonds is 3. The summed E-state index contributed by atoms with van der Waals surface area (Å²) < 4.78 is 30.8. The molecule has 0 aliphatic carbocycles. The van der Waals surface area contributed by atoms with E-state index in [4.69, 9.17) is 0 Å². The number of carbonyl (C=O) groups is 2. The maximum absolute atomic E-state index is 13.4. The number of ether oxygens (including phenoxy) is 1. The summed E-state index contributed by atoms with van der Waals surface area (Å²) in [6.07, 6.45) is 0. The van der Waals surface area contributed by atoms with E-state index in [9.17, 15) is 18.4 Å². The highest BCUT2D eigenvalue weighted by molar-refractivity contribution is 5.84. The minimum Gasteiger partial charge on any atom is -0.467 e. The molecule has 1 aromatic rings. The Morgan fingerprint density at radius 3 is 2.53 bits per heavy atom. The summed E-state index contributed by atoms with van der Waals surface area (Å²) in [5.74, 6) is -2.93. The molecule has 0 aliphatic heterocycles. The molecule has 1 atom stereocenters. The quantitative estimate of drug-likeness (QED) is 0.814. The lowest BCUT2D eigenvalue weighted by molar-refractivity contribution is -0.145. The lowest BCUT2D eigenvalue weighted by Gasteiger charge is -2.16. The molecular weight excluding hydrogens is 232 g/mol. The van der Waals surface area contributed by atoms with Gasteiger partial charge in [0.25, 0.3) is 0 Å². The highest BCUT2D eigenvalue weighted by atomic mass is 19.1. The van der Waals surface area contributed by atoms with Crippen LogP contribution in [0, 0.1) is 11.6 Å². The number of nitrogens with one attached hydrogen (secondary N) is 1. The Hall–Kier alpha value is -1.98. The minimum atomic E-state index is -1.35. The van der Waals surface area contributed by atoms with Gasteiger partial charge in [-0.25, -0.2) is 13.6 Å². The van der Waals surface area contributed by atoms with E-state index in [1.54, 1.807) is 0 Å². The zero-order chi connectivity index (χ0) is 13.0. The summed E-state index contributed by atoms with van der Waals surface area (Å²) in [4.78, 5) is 22.3. The van der Waals surface area contributed by atoms with Gasteiger partial charge in [-0.05, 0) is 18.2 Å². The molecule has 17 heavy (non-hydrogen) atoms. The molecule has 1 amide bonds. The molecule has 0 fully saturated rings. The monoisotopic (exact) mass is 243 g/mol. The fourth-order valence-corrected chi connectivity index (χ4v) is 1.32. The zero-order valence-electron chi connectivity index (χ0n) is 9.29. The summed E-state index contributed by atoms with van der Waals surface area (Å²) in [5, 5.41) is 2.19. The molecule has 0 radical (unpaired) electrons. The van der Waals surface area contributed by atoms with E-state index in [1.165, 1.54) is 0 Å². The molecule has 0 bridgehead atoms. The number of hydrogen-bond acceptors (Lipinski definition) is 3. The minimum absolute atomic E-state index is 0.271. The van der Waals surface area contributed by atoms with Gasteiger partial charge in [0.05, 0.1) is 7.11 Å². The van der Waals surface area contributed by atoms with Crippen LogP contribution in [0.4, 0.5) is 8.78 Å². The second-order valence-electron chi connectivity index (χ2n) is 3.32. The SMILES string of the molecule is COC(=O)C(NC(C)=O)c1cc(F)ccc1F. The molecule has 0 saturated heterocycles. The van der Waals surface area contributed by atoms with E-state index < -0.39 is 29.6 Å². The molecule has 1 unspecified atom stereocenters. The number of methoxy groups -OCH3 is 1. The molecule has 6 heteroatoms. The van der Waals surface area contributed by atoms with E-state index in [2.05, 4.69) is 10.1 Å². The van der Waals surface area contributed by atoms with E-state index in [0.717, 1.165) is 32.2 Å². The van der Waals surface area contributed by atoms with Crippen LogP contribution in [0.3, 0.4) is 0 Å². The second-order valence-corrected chi connectivity index (χ2v) is 3.32. The van der Waals surface area contributed by atoms with Crippen molar-refractivity contribution >= 4 is 11.9 Å². The van der Waals surface area contributed by atoms with E-state index >= 15 is 0 Å². The maximum atomic E-state index is 13.4. The van der Waals surface area contributed by atoms with Gasteiger partial charge in [0, 0.05) is 12.5 Å². The largest absolute Gasteiger partial charge is 0.467 e. The normalized spacial score (nSPS) is 11.8. The first-order valence-corrected chi connectivity index (χ1v) is 4.75. The third kappa shape index (κ3) is 3.24. The summed E-state index contributed by atoms with van der Waals surface area (Å²) in [7, 11) is 1.09. The Kier molecular flexibility index (Phi) is 4.14. The van der Waals surface area contributed by atoms with Crippen LogP contribution in [-0.4, -0.2) is 19.0 Å². The van der Waals surface area contributed by atoms with Crippen molar-refractivity contribution in [3.63, 3.8) is 0 Å². The molecule has 4 nitrogen and oxygen atoms in total. The van der Waals surface area contributed by atoms with Gasteiger partial charge in [-0.2, -0.15) is 0 Å². The molecule has 92 valence electrons. The predicted molar refractivity (Wildman–Crippen MR) is 54.9 cm³/mol. The van der Waals surface area contributed by atoms with Crippen molar-refractivity contribution in [1.29, 1.82) is 0 Å². The lowest BCUT2D eigenvalue weighted by atomic mass is 10.1. The Balaban J connectivity index is 3.16. The van der Waals surface area contributed by atoms with Crippen molar-refractivity contribution in [2.45, 2.75) is 13.0 Å². The van der Waals surface area contributed by atoms with E-state index in [1.807, 2.05) is 0 Å². The molecule has 1 N–H and O–H groups in total. The molecule has 1 rings (SSSR count). The molecule has 0 spiro atoms. The molecule has 0 aromatic heterocycles. The van der Waals surface area contributed by atoms with Gasteiger partial charge in [0.15, 0.2) is 6.04 Å². The predicted octanol–water partition coefficient (Wildman–Crippen LogP) is 1.31. The van der Waals surface area contributed by atoms with Crippen LogP contribution >= 0.6 is 0 Å². The molecule has 1 aromatic carbocycles. The van der Waals surface area contributed by atoms with E-state index in [-0.39, 0.29) is 5.56 Å². The fourth-order valence-electron chi connectivity index (χ4n) is 1.32. The smallest absolute Gasteiger partial charge is 0.333 e. The van der Waals surface area contributed by atoms with Gasteiger partial charge < -0.3 is 10.1 Å². The molecule has 0 saturated carbocycles. The van der Waals surface area contributed by atoms with Gasteiger partial charge >= 0.3 is 5.97 Å². The van der Waals surface area contributed by atoms with Crippen LogP contribution in [0.25, 0.3) is 0 Å². The first-order chi connectivity index (χ1) is 7.95. The van der Waals surface area contributed by atoms with Gasteiger partial charge in [-0.15, -0.1) is 0 Å². The van der Waals surface area contributed by atoms with E-state index in [0.29, 0.717) is 0 Å². The van der Waals surface area contributed by atoms with Crippen LogP contribution in [-0.2, 0) is 14.3 Å². The Bertz CT molecular complexity index is 448. The first kappa shape index (κ1) is 13.1. The Labute approximate surface area is 96.6 Å². The van der Waals surface area contributed by atoms with Gasteiger partial charge in [-0.3, -0.25) is 4.79 Å². The zero-order valence-corrected chi connectivity index (χ0v) is 9.29. The number of esters is 1. The van der Waals surface area contributed by atoms with Crippen molar-refractivity contribution in [2.24, 2.45) is 0 Å². The standard InChI is InChI=1S/C11H11F2NO3/c1-6(15)14-10(11(16)17-2)8-5-7(12)3-4-9(8)13/h3-5,10H,1-2H3,(H,14,15). The summed E-state index contributed by atoms with van der Waals surface area (Å²) in [6.45, 7) is 1.16. The third-order valence-corrected chi connectivity index (χ3v) is 2.05. The lowest BCUT2D eigenvalue weighted by Crippen LogP contribution is -2.33. The van der Waals surface area contributed by atoms with Crippen LogP contribution in [0.15, 0.2) is 18.2 Å². The van der Waals surface area contributed by atoms with Crippen LogP contribution in [0.5, 0.6) is 0 Å². The van der Waals surface area contributed by atoms with Crippen molar-refractivity contribution < 1.29 is 23.1 Å². The summed E-state index contributed by atoms with van der Waals surface area (Å²) in [6, 6.07) is 1.28. The fraction of sp³-hybridized carbons (Fsp3) is 0.273. The van der Waals surface area contributed by atoms with Gasteiger partial charge in [0.2, 0.25) is 5.91 Å². The number of benzene rings is 1. The number of hydrogen-bond donors (Lipinski definition) is 1. The highest BCUT2D eigenvalue weighted by Gasteiger charge is 2.25. The third-order valence-electron chi connectivity index (χ3n) is 2.05. The van der Waals surface area contributed by atoms with Gasteiger partial charge in [0.1, 0.15) is 11.6 Å². The van der Waals surface area contributed by atoms with Crippen LogP contribution in [0.2, 0.25) is 0 Å². The Morgan fingerprint density at radius 2 is 2.00 bits per heavy atom. The average Bonchev–Trinajstić information content (AvgIpc) is 2.28.